The molecule has 5 nitrogen and oxygen atoms in total. The fourth-order valence-electron chi connectivity index (χ4n) is 2.71. The van der Waals surface area contributed by atoms with Crippen molar-refractivity contribution in [2.24, 2.45) is 11.5 Å². The average Bonchev–Trinajstić information content (AvgIpc) is 2.49. The number of nitrogens with one attached hydrogen (secondary N) is 1. The molecule has 140 valence electrons. The fraction of sp³-hybridized carbons (Fsp3) is 1.00. The second-order valence-electron chi connectivity index (χ2n) is 7.66. The molecule has 0 aromatic carbocycles. The van der Waals surface area contributed by atoms with Crippen molar-refractivity contribution in [3.8, 4) is 0 Å². The van der Waals surface area contributed by atoms with E-state index in [9.17, 15) is 0 Å². The smallest absolute Gasteiger partial charge is 0.0780 e. The molecule has 0 unspecified atom stereocenters. The first kappa shape index (κ1) is 22.8. The van der Waals surface area contributed by atoms with Gasteiger partial charge < -0.3 is 26.2 Å². The molecule has 0 aromatic rings. The highest BCUT2D eigenvalue weighted by atomic mass is 15.3. The van der Waals surface area contributed by atoms with E-state index in [1.807, 2.05) is 0 Å². The van der Waals surface area contributed by atoms with E-state index < -0.39 is 0 Å². The number of hydrogen-bond donors (Lipinski definition) is 3. The number of rotatable bonds is 17. The molecule has 0 saturated carbocycles. The Morgan fingerprint density at radius 2 is 1.22 bits per heavy atom. The topological polar surface area (TPSA) is 67.3 Å². The Balaban J connectivity index is 3.41. The average molecular weight is 331 g/mol. The Kier molecular flexibility index (Phi) is 15.2. The third kappa shape index (κ3) is 18.0. The third-order valence-electron chi connectivity index (χ3n) is 4.12. The van der Waals surface area contributed by atoms with Crippen molar-refractivity contribution in [3.63, 3.8) is 0 Å². The van der Waals surface area contributed by atoms with Crippen LogP contribution in [0.1, 0.15) is 44.9 Å². The molecule has 0 heterocycles. The van der Waals surface area contributed by atoms with Gasteiger partial charge in [-0.2, -0.15) is 0 Å². The Bertz CT molecular complexity index is 232. The molecular formula is C18H44N5+. The van der Waals surface area contributed by atoms with Crippen molar-refractivity contribution in [2.45, 2.75) is 44.9 Å². The SMILES string of the molecule is C[N+](C)(C)CCCCCCNCCCN(CCCN)CCCN. The van der Waals surface area contributed by atoms with Crippen molar-refractivity contribution in [3.05, 3.63) is 0 Å². The lowest BCUT2D eigenvalue weighted by Crippen LogP contribution is -2.35. The summed E-state index contributed by atoms with van der Waals surface area (Å²) < 4.78 is 1.09. The van der Waals surface area contributed by atoms with Crippen molar-refractivity contribution in [2.75, 3.05) is 73.5 Å². The molecule has 0 atom stereocenters. The number of nitrogens with two attached hydrogens (primary N) is 2. The van der Waals surface area contributed by atoms with Crippen molar-refractivity contribution in [1.82, 2.24) is 10.2 Å². The normalized spacial score (nSPS) is 12.3. The molecule has 0 spiro atoms. The first-order chi connectivity index (χ1) is 11.0. The van der Waals surface area contributed by atoms with E-state index in [2.05, 4.69) is 31.4 Å². The Hall–Kier alpha value is -0.200. The lowest BCUT2D eigenvalue weighted by atomic mass is 10.2. The van der Waals surface area contributed by atoms with E-state index in [4.69, 9.17) is 11.5 Å². The van der Waals surface area contributed by atoms with Crippen LogP contribution in [0.3, 0.4) is 0 Å². The largest absolute Gasteiger partial charge is 0.331 e. The Morgan fingerprint density at radius 1 is 0.696 bits per heavy atom. The molecule has 0 aromatic heterocycles. The lowest BCUT2D eigenvalue weighted by Gasteiger charge is -2.23. The highest BCUT2D eigenvalue weighted by Crippen LogP contribution is 2.02. The van der Waals surface area contributed by atoms with E-state index in [0.717, 1.165) is 63.1 Å². The van der Waals surface area contributed by atoms with Gasteiger partial charge in [0, 0.05) is 0 Å². The zero-order valence-electron chi connectivity index (χ0n) is 16.2. The van der Waals surface area contributed by atoms with Gasteiger partial charge in [0.05, 0.1) is 27.7 Å². The Labute approximate surface area is 145 Å². The quantitative estimate of drug-likeness (QED) is 0.277. The minimum atomic E-state index is 0.783. The third-order valence-corrected chi connectivity index (χ3v) is 4.12. The van der Waals surface area contributed by atoms with Gasteiger partial charge in [0.25, 0.3) is 0 Å². The summed E-state index contributed by atoms with van der Waals surface area (Å²) in [7, 11) is 6.81. The highest BCUT2D eigenvalue weighted by molar-refractivity contribution is 4.61. The van der Waals surface area contributed by atoms with E-state index in [1.54, 1.807) is 0 Å². The molecule has 0 aliphatic heterocycles. The van der Waals surface area contributed by atoms with Gasteiger partial charge in [-0.15, -0.1) is 0 Å². The van der Waals surface area contributed by atoms with Crippen molar-refractivity contribution < 1.29 is 4.48 Å². The maximum atomic E-state index is 5.61. The molecule has 5 heteroatoms. The van der Waals surface area contributed by atoms with Gasteiger partial charge in [-0.25, -0.2) is 0 Å². The molecule has 0 aliphatic rings. The highest BCUT2D eigenvalue weighted by Gasteiger charge is 2.05. The standard InChI is InChI=1S/C18H44N5/c1-23(2,3)18-7-5-4-6-13-21-14-10-17-22(15-8-11-19)16-9-12-20/h21H,4-20H2,1-3H3/q+1. The van der Waals surface area contributed by atoms with E-state index >= 15 is 0 Å². The lowest BCUT2D eigenvalue weighted by molar-refractivity contribution is -0.870. The number of hydrogen-bond acceptors (Lipinski definition) is 4. The summed E-state index contributed by atoms with van der Waals surface area (Å²) in [4.78, 5) is 2.51. The Morgan fingerprint density at radius 3 is 1.78 bits per heavy atom. The zero-order chi connectivity index (χ0) is 17.4. The summed E-state index contributed by atoms with van der Waals surface area (Å²) in [6.07, 6.45) is 8.77. The molecule has 0 radical (unpaired) electrons. The number of nitrogens with zero attached hydrogens (tertiary/aromatic N) is 2. The predicted molar refractivity (Wildman–Crippen MR) is 103 cm³/mol. The number of quaternary nitrogens is 1. The summed E-state index contributed by atoms with van der Waals surface area (Å²) in [5, 5.41) is 3.58. The minimum Gasteiger partial charge on any atom is -0.331 e. The molecule has 23 heavy (non-hydrogen) atoms. The van der Waals surface area contributed by atoms with Gasteiger partial charge in [-0.3, -0.25) is 0 Å². The van der Waals surface area contributed by atoms with Gasteiger partial charge in [-0.05, 0) is 84.3 Å². The molecule has 5 N–H and O–H groups in total. The van der Waals surface area contributed by atoms with Gasteiger partial charge in [0.15, 0.2) is 0 Å². The summed E-state index contributed by atoms with van der Waals surface area (Å²) >= 11 is 0. The van der Waals surface area contributed by atoms with E-state index in [-0.39, 0.29) is 0 Å². The van der Waals surface area contributed by atoms with Crippen LogP contribution in [0.4, 0.5) is 0 Å². The monoisotopic (exact) mass is 330 g/mol. The second kappa shape index (κ2) is 15.3. The van der Waals surface area contributed by atoms with Crippen LogP contribution in [-0.4, -0.2) is 82.9 Å². The van der Waals surface area contributed by atoms with Crippen LogP contribution in [0.2, 0.25) is 0 Å². The van der Waals surface area contributed by atoms with Gasteiger partial charge in [-0.1, -0.05) is 6.42 Å². The van der Waals surface area contributed by atoms with Gasteiger partial charge >= 0.3 is 0 Å². The zero-order valence-corrected chi connectivity index (χ0v) is 16.2. The van der Waals surface area contributed by atoms with Crippen molar-refractivity contribution in [1.29, 1.82) is 0 Å². The first-order valence-electron chi connectivity index (χ1n) is 9.63. The molecule has 0 bridgehead atoms. The molecule has 0 amide bonds. The van der Waals surface area contributed by atoms with Crippen LogP contribution < -0.4 is 16.8 Å². The molecule has 0 saturated heterocycles. The summed E-state index contributed by atoms with van der Waals surface area (Å²) in [6, 6.07) is 0. The predicted octanol–water partition coefficient (Wildman–Crippen LogP) is 1.23. The van der Waals surface area contributed by atoms with Gasteiger partial charge in [0.2, 0.25) is 0 Å². The summed E-state index contributed by atoms with van der Waals surface area (Å²) in [5.41, 5.74) is 11.2. The maximum Gasteiger partial charge on any atom is 0.0780 e. The summed E-state index contributed by atoms with van der Waals surface area (Å²) in [5.74, 6) is 0. The maximum absolute atomic E-state index is 5.61. The summed E-state index contributed by atoms with van der Waals surface area (Å²) in [6.45, 7) is 8.53. The van der Waals surface area contributed by atoms with Gasteiger partial charge in [0.1, 0.15) is 0 Å². The van der Waals surface area contributed by atoms with E-state index in [0.29, 0.717) is 0 Å². The van der Waals surface area contributed by atoms with Crippen molar-refractivity contribution >= 4 is 0 Å². The van der Waals surface area contributed by atoms with Crippen LogP contribution in [0, 0.1) is 0 Å². The molecule has 0 aliphatic carbocycles. The molecule has 0 rings (SSSR count). The first-order valence-corrected chi connectivity index (χ1v) is 9.63. The second-order valence-corrected chi connectivity index (χ2v) is 7.66. The van der Waals surface area contributed by atoms with Crippen LogP contribution in [-0.2, 0) is 0 Å². The minimum absolute atomic E-state index is 0.783. The van der Waals surface area contributed by atoms with Crippen LogP contribution >= 0.6 is 0 Å². The molecule has 0 fully saturated rings. The van der Waals surface area contributed by atoms with E-state index in [1.165, 1.54) is 38.6 Å². The van der Waals surface area contributed by atoms with Crippen LogP contribution in [0.25, 0.3) is 0 Å². The fourth-order valence-corrected chi connectivity index (χ4v) is 2.71. The van der Waals surface area contributed by atoms with Crippen LogP contribution in [0.15, 0.2) is 0 Å². The van der Waals surface area contributed by atoms with Crippen LogP contribution in [0.5, 0.6) is 0 Å². The number of unbranched alkanes of at least 4 members (excludes halogenated alkanes) is 3. The molecular weight excluding hydrogens is 286 g/mol.